The van der Waals surface area contributed by atoms with Gasteiger partial charge in [0.2, 0.25) is 0 Å². The van der Waals surface area contributed by atoms with Gasteiger partial charge >= 0.3 is 12.3 Å². The van der Waals surface area contributed by atoms with Gasteiger partial charge in [-0.05, 0) is 65.8 Å². The number of alkyl halides is 3. The molecule has 3 aromatic rings. The number of anilines is 1. The molecule has 236 valence electrons. The van der Waals surface area contributed by atoms with Crippen LogP contribution in [0.4, 0.5) is 23.7 Å². The summed E-state index contributed by atoms with van der Waals surface area (Å²) in [5.41, 5.74) is 0.623. The largest absolute Gasteiger partial charge is 0.444 e. The molecule has 9 nitrogen and oxygen atoms in total. The predicted molar refractivity (Wildman–Crippen MR) is 160 cm³/mol. The first-order valence-corrected chi connectivity index (χ1v) is 14.8. The molecule has 2 saturated heterocycles. The molecule has 0 radical (unpaired) electrons. The van der Waals surface area contributed by atoms with E-state index in [1.54, 1.807) is 36.5 Å². The Balaban J connectivity index is 1.44. The minimum Gasteiger partial charge on any atom is -0.444 e. The van der Waals surface area contributed by atoms with Crippen LogP contribution >= 0.6 is 0 Å². The molecule has 1 aromatic heterocycles. The van der Waals surface area contributed by atoms with E-state index < -0.39 is 29.0 Å². The first-order valence-electron chi connectivity index (χ1n) is 14.8. The molecule has 0 aliphatic carbocycles. The number of hydrogen-bond acceptors (Lipinski definition) is 6. The van der Waals surface area contributed by atoms with Crippen molar-refractivity contribution in [2.45, 2.75) is 77.4 Å². The Morgan fingerprint density at radius 2 is 1.57 bits per heavy atom. The third-order valence-electron chi connectivity index (χ3n) is 8.29. The van der Waals surface area contributed by atoms with Crippen LogP contribution in [0.3, 0.4) is 0 Å². The van der Waals surface area contributed by atoms with E-state index in [9.17, 15) is 22.8 Å². The number of carbonyl (C=O) groups is 2. The van der Waals surface area contributed by atoms with Crippen LogP contribution < -0.4 is 4.90 Å². The Bertz CT molecular complexity index is 1490. The molecule has 2 fully saturated rings. The van der Waals surface area contributed by atoms with Crippen LogP contribution in [0, 0.1) is 6.92 Å². The number of rotatable bonds is 4. The van der Waals surface area contributed by atoms with E-state index >= 15 is 0 Å². The molecule has 3 heterocycles. The number of nitrogens with zero attached hydrogens (tertiary/aromatic N) is 6. The molecule has 3 unspecified atom stereocenters. The molecule has 2 aliphatic heterocycles. The number of likely N-dealkylation sites (tertiary alicyclic amines) is 1. The number of carbonyl (C=O) groups excluding carboxylic acids is 2. The number of ether oxygens (including phenoxy) is 1. The lowest BCUT2D eigenvalue weighted by molar-refractivity contribution is -0.146. The van der Waals surface area contributed by atoms with Crippen LogP contribution in [0.1, 0.15) is 52.2 Å². The molecule has 0 saturated carbocycles. The monoisotopic (exact) mass is 612 g/mol. The van der Waals surface area contributed by atoms with Crippen molar-refractivity contribution in [3.63, 3.8) is 0 Å². The van der Waals surface area contributed by atoms with Gasteiger partial charge in [0.1, 0.15) is 11.3 Å². The number of hydrogen-bond donors (Lipinski definition) is 0. The van der Waals surface area contributed by atoms with Gasteiger partial charge in [-0.1, -0.05) is 35.0 Å². The zero-order valence-corrected chi connectivity index (χ0v) is 25.9. The molecule has 2 aromatic carbocycles. The highest BCUT2D eigenvalue weighted by Crippen LogP contribution is 2.36. The number of piperazine rings is 1. The lowest BCUT2D eigenvalue weighted by Crippen LogP contribution is -2.64. The van der Waals surface area contributed by atoms with E-state index in [0.717, 1.165) is 23.3 Å². The van der Waals surface area contributed by atoms with Crippen molar-refractivity contribution in [2.75, 3.05) is 31.1 Å². The number of amides is 2. The van der Waals surface area contributed by atoms with Crippen LogP contribution in [0.2, 0.25) is 0 Å². The fourth-order valence-electron chi connectivity index (χ4n) is 6.10. The van der Waals surface area contributed by atoms with Gasteiger partial charge in [-0.2, -0.15) is 13.2 Å². The van der Waals surface area contributed by atoms with Crippen molar-refractivity contribution < 1.29 is 27.5 Å². The van der Waals surface area contributed by atoms with Gasteiger partial charge in [0.15, 0.2) is 5.54 Å². The number of halogens is 3. The highest BCUT2D eigenvalue weighted by Gasteiger charge is 2.53. The summed E-state index contributed by atoms with van der Waals surface area (Å²) in [6.07, 6.45) is -2.83. The fraction of sp³-hybridized carbons (Fsp3) is 0.500. The molecule has 5 rings (SSSR count). The fourth-order valence-corrected chi connectivity index (χ4v) is 6.10. The Labute approximate surface area is 255 Å². The Morgan fingerprint density at radius 3 is 2.14 bits per heavy atom. The summed E-state index contributed by atoms with van der Waals surface area (Å²) in [5.74, 6) is -0.184. The smallest absolute Gasteiger partial charge is 0.416 e. The van der Waals surface area contributed by atoms with Crippen molar-refractivity contribution in [3.8, 4) is 11.3 Å². The molecular formula is C32H39F3N6O3. The van der Waals surface area contributed by atoms with Gasteiger partial charge in [0.25, 0.3) is 5.91 Å². The average Bonchev–Trinajstić information content (AvgIpc) is 3.61. The van der Waals surface area contributed by atoms with Gasteiger partial charge in [-0.3, -0.25) is 4.79 Å². The topological polar surface area (TPSA) is 83.8 Å². The average molecular weight is 613 g/mol. The summed E-state index contributed by atoms with van der Waals surface area (Å²) in [4.78, 5) is 33.2. The SMILES string of the molecule is Cc1ccc(-c2cn(C3(C(=O)N4C(C)CN(c5ccc(C(F)(F)F)cc5)CC4C)CCN(C(=O)OC(C)(C)C)C3)nn2)cc1. The van der Waals surface area contributed by atoms with E-state index in [1.807, 2.05) is 54.8 Å². The zero-order chi connectivity index (χ0) is 32.0. The maximum Gasteiger partial charge on any atom is 0.416 e. The van der Waals surface area contributed by atoms with E-state index in [2.05, 4.69) is 10.3 Å². The number of aromatic nitrogens is 3. The van der Waals surface area contributed by atoms with Gasteiger partial charge < -0.3 is 19.4 Å². The number of aryl methyl sites for hydroxylation is 1. The lowest BCUT2D eigenvalue weighted by atomic mass is 9.93. The standard InChI is InChI=1S/C32H39F3N6O3/c1-21-7-9-24(10-8-21)27-19-40(37-36-27)31(15-16-38(20-31)29(43)44-30(4,5)6)28(42)41-22(2)17-39(18-23(41)3)26-13-11-25(12-14-26)32(33,34)35/h7-14,19,22-23H,15-18,20H2,1-6H3. The quantitative estimate of drug-likeness (QED) is 0.374. The molecule has 0 N–H and O–H groups in total. The van der Waals surface area contributed by atoms with Crippen LogP contribution in [-0.2, 0) is 21.2 Å². The summed E-state index contributed by atoms with van der Waals surface area (Å²) in [5, 5.41) is 8.83. The normalized spacial score (nSPS) is 22.8. The highest BCUT2D eigenvalue weighted by molar-refractivity contribution is 5.87. The second kappa shape index (κ2) is 11.4. The van der Waals surface area contributed by atoms with Crippen molar-refractivity contribution in [1.29, 1.82) is 0 Å². The minimum absolute atomic E-state index is 0.0655. The Hall–Kier alpha value is -4.09. The van der Waals surface area contributed by atoms with Crippen molar-refractivity contribution in [2.24, 2.45) is 0 Å². The summed E-state index contributed by atoms with van der Waals surface area (Å²) < 4.78 is 46.6. The molecule has 3 atom stereocenters. The first kappa shape index (κ1) is 31.3. The van der Waals surface area contributed by atoms with Crippen molar-refractivity contribution >= 4 is 17.7 Å². The first-order chi connectivity index (χ1) is 20.6. The van der Waals surface area contributed by atoms with Crippen LogP contribution in [0.5, 0.6) is 0 Å². The second-order valence-corrected chi connectivity index (χ2v) is 13.0. The molecule has 44 heavy (non-hydrogen) atoms. The van der Waals surface area contributed by atoms with E-state index in [1.165, 1.54) is 12.1 Å². The van der Waals surface area contributed by atoms with Crippen molar-refractivity contribution in [3.05, 3.63) is 65.9 Å². The summed E-state index contributed by atoms with van der Waals surface area (Å²) in [6, 6.07) is 12.4. The van der Waals surface area contributed by atoms with E-state index in [0.29, 0.717) is 37.4 Å². The second-order valence-electron chi connectivity index (χ2n) is 13.0. The lowest BCUT2D eigenvalue weighted by Gasteiger charge is -2.48. The molecule has 12 heteroatoms. The summed E-state index contributed by atoms with van der Waals surface area (Å²) in [6.45, 7) is 12.5. The third kappa shape index (κ3) is 6.25. The van der Waals surface area contributed by atoms with E-state index in [-0.39, 0.29) is 24.5 Å². The Kier molecular flexibility index (Phi) is 8.15. The van der Waals surface area contributed by atoms with Crippen LogP contribution in [-0.4, -0.2) is 80.7 Å². The molecule has 0 spiro atoms. The maximum atomic E-state index is 14.7. The number of benzene rings is 2. The van der Waals surface area contributed by atoms with Crippen molar-refractivity contribution in [1.82, 2.24) is 24.8 Å². The van der Waals surface area contributed by atoms with Crippen LogP contribution in [0.15, 0.2) is 54.7 Å². The predicted octanol–water partition coefficient (Wildman–Crippen LogP) is 5.73. The van der Waals surface area contributed by atoms with Gasteiger partial charge in [-0.15, -0.1) is 5.10 Å². The molecule has 0 bridgehead atoms. The zero-order valence-electron chi connectivity index (χ0n) is 25.9. The molecule has 2 amide bonds. The highest BCUT2D eigenvalue weighted by atomic mass is 19.4. The molecular weight excluding hydrogens is 573 g/mol. The third-order valence-corrected chi connectivity index (χ3v) is 8.29. The molecule has 2 aliphatic rings. The maximum absolute atomic E-state index is 14.7. The Morgan fingerprint density at radius 1 is 0.955 bits per heavy atom. The van der Waals surface area contributed by atoms with Gasteiger partial charge in [0.05, 0.1) is 18.3 Å². The van der Waals surface area contributed by atoms with Crippen LogP contribution in [0.25, 0.3) is 11.3 Å². The van der Waals surface area contributed by atoms with Gasteiger partial charge in [-0.25, -0.2) is 9.48 Å². The summed E-state index contributed by atoms with van der Waals surface area (Å²) in [7, 11) is 0. The van der Waals surface area contributed by atoms with Gasteiger partial charge in [0, 0.05) is 49.4 Å². The van der Waals surface area contributed by atoms with E-state index in [4.69, 9.17) is 4.74 Å². The summed E-state index contributed by atoms with van der Waals surface area (Å²) >= 11 is 0. The minimum atomic E-state index is -4.41.